The predicted octanol–water partition coefficient (Wildman–Crippen LogP) is 5.02. The Kier molecular flexibility index (Phi) is 5.02. The number of aromatic nitrogens is 1. The molecule has 26 heavy (non-hydrogen) atoms. The van der Waals surface area contributed by atoms with Gasteiger partial charge in [0.1, 0.15) is 5.82 Å². The molecule has 1 atom stereocenters. The fourth-order valence-corrected chi connectivity index (χ4v) is 4.36. The molecule has 1 saturated heterocycles. The van der Waals surface area contributed by atoms with E-state index in [2.05, 4.69) is 20.9 Å². The lowest BCUT2D eigenvalue weighted by Crippen LogP contribution is -2.38. The van der Waals surface area contributed by atoms with Crippen molar-refractivity contribution in [2.24, 2.45) is 0 Å². The van der Waals surface area contributed by atoms with Crippen molar-refractivity contribution in [3.05, 3.63) is 58.3 Å². The monoisotopic (exact) mass is 434 g/mol. The zero-order valence-corrected chi connectivity index (χ0v) is 16.2. The lowest BCUT2D eigenvalue weighted by molar-refractivity contribution is 0.0914. The molecule has 134 valence electrons. The number of fused-ring (bicyclic) bond motifs is 1. The molecule has 1 fully saturated rings. The van der Waals surface area contributed by atoms with Crippen LogP contribution in [0.25, 0.3) is 10.2 Å². The summed E-state index contributed by atoms with van der Waals surface area (Å²) in [6, 6.07) is 12.1. The Morgan fingerprint density at radius 3 is 2.96 bits per heavy atom. The van der Waals surface area contributed by atoms with E-state index in [0.717, 1.165) is 23.1 Å². The van der Waals surface area contributed by atoms with E-state index < -0.39 is 11.7 Å². The molecular weight excluding hydrogens is 419 g/mol. The molecule has 0 bridgehead atoms. The van der Waals surface area contributed by atoms with Gasteiger partial charge < -0.3 is 4.74 Å². The van der Waals surface area contributed by atoms with E-state index in [9.17, 15) is 9.18 Å². The molecule has 1 unspecified atom stereocenters. The fraction of sp³-hybridized carbons (Fsp3) is 0.263. The van der Waals surface area contributed by atoms with Gasteiger partial charge in [0, 0.05) is 11.1 Å². The number of thiazole rings is 1. The topological polar surface area (TPSA) is 42.4 Å². The molecule has 1 aliphatic rings. The van der Waals surface area contributed by atoms with Crippen molar-refractivity contribution < 1.29 is 13.9 Å². The van der Waals surface area contributed by atoms with Crippen molar-refractivity contribution in [3.63, 3.8) is 0 Å². The Morgan fingerprint density at radius 2 is 2.19 bits per heavy atom. The number of rotatable bonds is 4. The van der Waals surface area contributed by atoms with E-state index >= 15 is 0 Å². The Hall–Kier alpha value is -1.83. The lowest BCUT2D eigenvalue weighted by Gasteiger charge is -2.23. The molecule has 1 amide bonds. The van der Waals surface area contributed by atoms with E-state index in [1.807, 2.05) is 24.3 Å². The normalized spacial score (nSPS) is 16.9. The molecule has 7 heteroatoms. The number of halogens is 2. The molecule has 1 aliphatic heterocycles. The summed E-state index contributed by atoms with van der Waals surface area (Å²) in [5.41, 5.74) is 0.851. The molecule has 4 nitrogen and oxygen atoms in total. The van der Waals surface area contributed by atoms with Crippen LogP contribution in [-0.4, -0.2) is 30.1 Å². The van der Waals surface area contributed by atoms with Crippen LogP contribution in [0.5, 0.6) is 0 Å². The number of carbonyl (C=O) groups is 1. The van der Waals surface area contributed by atoms with Crippen LogP contribution < -0.4 is 4.90 Å². The number of hydrogen-bond donors (Lipinski definition) is 0. The van der Waals surface area contributed by atoms with Crippen LogP contribution in [0.2, 0.25) is 0 Å². The van der Waals surface area contributed by atoms with Crippen LogP contribution in [0.15, 0.2) is 46.9 Å². The predicted molar refractivity (Wildman–Crippen MR) is 104 cm³/mol. The fourth-order valence-electron chi connectivity index (χ4n) is 3.02. The van der Waals surface area contributed by atoms with Crippen LogP contribution >= 0.6 is 27.3 Å². The van der Waals surface area contributed by atoms with Gasteiger partial charge in [-0.15, -0.1) is 0 Å². The summed E-state index contributed by atoms with van der Waals surface area (Å²) in [6.07, 6.45) is 1.80. The van der Waals surface area contributed by atoms with Crippen molar-refractivity contribution in [2.45, 2.75) is 18.9 Å². The molecule has 2 aromatic carbocycles. The molecule has 0 spiro atoms. The second-order valence-electron chi connectivity index (χ2n) is 6.14. The minimum Gasteiger partial charge on any atom is -0.376 e. The number of hydrogen-bond acceptors (Lipinski definition) is 4. The average Bonchev–Trinajstić information content (AvgIpc) is 3.30. The summed E-state index contributed by atoms with van der Waals surface area (Å²) in [7, 11) is 0. The Bertz CT molecular complexity index is 923. The van der Waals surface area contributed by atoms with Gasteiger partial charge in [-0.2, -0.15) is 0 Å². The van der Waals surface area contributed by atoms with Crippen molar-refractivity contribution in [1.82, 2.24) is 4.98 Å². The van der Waals surface area contributed by atoms with Gasteiger partial charge in [-0.3, -0.25) is 9.69 Å². The maximum atomic E-state index is 14.3. The summed E-state index contributed by atoms with van der Waals surface area (Å²) in [6.45, 7) is 1.06. The van der Waals surface area contributed by atoms with Crippen LogP contribution in [0, 0.1) is 5.82 Å². The number of anilines is 1. The second-order valence-corrected chi connectivity index (χ2v) is 8.06. The molecular formula is C19H16BrFN2O2S. The smallest absolute Gasteiger partial charge is 0.263 e. The highest BCUT2D eigenvalue weighted by Crippen LogP contribution is 2.31. The summed E-state index contributed by atoms with van der Waals surface area (Å²) >= 11 is 4.74. The van der Waals surface area contributed by atoms with Crippen molar-refractivity contribution in [2.75, 3.05) is 18.1 Å². The first-order chi connectivity index (χ1) is 12.6. The van der Waals surface area contributed by atoms with Gasteiger partial charge in [-0.25, -0.2) is 9.37 Å². The van der Waals surface area contributed by atoms with Gasteiger partial charge in [0.05, 0.1) is 28.4 Å². The van der Waals surface area contributed by atoms with E-state index in [1.54, 1.807) is 11.0 Å². The van der Waals surface area contributed by atoms with Gasteiger partial charge in [0.15, 0.2) is 5.13 Å². The first kappa shape index (κ1) is 17.6. The van der Waals surface area contributed by atoms with Gasteiger partial charge in [-0.1, -0.05) is 39.4 Å². The Balaban J connectivity index is 1.74. The van der Waals surface area contributed by atoms with Gasteiger partial charge in [0.25, 0.3) is 5.91 Å². The highest BCUT2D eigenvalue weighted by Gasteiger charge is 2.28. The van der Waals surface area contributed by atoms with Crippen LogP contribution in [-0.2, 0) is 4.74 Å². The third-order valence-electron chi connectivity index (χ3n) is 4.33. The number of para-hydroxylation sites is 1. The van der Waals surface area contributed by atoms with E-state index in [4.69, 9.17) is 4.74 Å². The summed E-state index contributed by atoms with van der Waals surface area (Å²) < 4.78 is 21.6. The summed E-state index contributed by atoms with van der Waals surface area (Å²) in [5.74, 6) is -0.949. The molecule has 0 N–H and O–H groups in total. The summed E-state index contributed by atoms with van der Waals surface area (Å²) in [4.78, 5) is 19.3. The highest BCUT2D eigenvalue weighted by molar-refractivity contribution is 9.10. The first-order valence-corrected chi connectivity index (χ1v) is 9.97. The highest BCUT2D eigenvalue weighted by atomic mass is 79.9. The maximum Gasteiger partial charge on any atom is 0.263 e. The second kappa shape index (κ2) is 7.42. The number of carbonyl (C=O) groups excluding carboxylic acids is 1. The number of benzene rings is 2. The molecule has 3 aromatic rings. The average molecular weight is 435 g/mol. The van der Waals surface area contributed by atoms with Gasteiger partial charge in [-0.05, 0) is 43.2 Å². The first-order valence-electron chi connectivity index (χ1n) is 8.36. The van der Waals surface area contributed by atoms with Crippen LogP contribution in [0.4, 0.5) is 9.52 Å². The Morgan fingerprint density at radius 1 is 1.35 bits per heavy atom. The Labute approximate surface area is 162 Å². The van der Waals surface area contributed by atoms with E-state index in [-0.39, 0.29) is 11.7 Å². The minimum atomic E-state index is -0.545. The summed E-state index contributed by atoms with van der Waals surface area (Å²) in [5, 5.41) is 0.561. The standard InChI is InChI=1S/C19H16BrFN2O2S/c20-12-7-8-15(21)14(10-12)18(24)23(11-13-4-3-9-25-13)19-22-16-5-1-2-6-17(16)26-19/h1-2,5-8,10,13H,3-4,9,11H2. The SMILES string of the molecule is O=C(c1cc(Br)ccc1F)N(CC1CCCO1)c1nc2ccccc2s1. The van der Waals surface area contributed by atoms with Crippen LogP contribution in [0.3, 0.4) is 0 Å². The third-order valence-corrected chi connectivity index (χ3v) is 5.88. The number of amides is 1. The minimum absolute atomic E-state index is 0.0247. The van der Waals surface area contributed by atoms with Crippen molar-refractivity contribution in [3.8, 4) is 0 Å². The largest absolute Gasteiger partial charge is 0.376 e. The molecule has 2 heterocycles. The quantitative estimate of drug-likeness (QED) is 0.578. The number of nitrogens with zero attached hydrogens (tertiary/aromatic N) is 2. The molecule has 0 saturated carbocycles. The number of ether oxygens (including phenoxy) is 1. The van der Waals surface area contributed by atoms with Crippen molar-refractivity contribution >= 4 is 48.5 Å². The van der Waals surface area contributed by atoms with E-state index in [0.29, 0.717) is 22.8 Å². The third kappa shape index (κ3) is 3.51. The molecule has 0 aliphatic carbocycles. The molecule has 0 radical (unpaired) electrons. The van der Waals surface area contributed by atoms with Gasteiger partial charge >= 0.3 is 0 Å². The molecule has 4 rings (SSSR count). The molecule has 1 aromatic heterocycles. The van der Waals surface area contributed by atoms with Crippen LogP contribution in [0.1, 0.15) is 23.2 Å². The van der Waals surface area contributed by atoms with Crippen molar-refractivity contribution in [1.29, 1.82) is 0 Å². The van der Waals surface area contributed by atoms with E-state index in [1.165, 1.54) is 23.5 Å². The zero-order valence-electron chi connectivity index (χ0n) is 13.8. The van der Waals surface area contributed by atoms with Gasteiger partial charge in [0.2, 0.25) is 0 Å². The maximum absolute atomic E-state index is 14.3. The zero-order chi connectivity index (χ0) is 18.1. The lowest BCUT2D eigenvalue weighted by atomic mass is 10.1.